The molecule has 2 heterocycles. The first-order chi connectivity index (χ1) is 8.09. The van der Waals surface area contributed by atoms with Gasteiger partial charge in [-0.2, -0.15) is 0 Å². The Labute approximate surface area is 99.6 Å². The highest BCUT2D eigenvalue weighted by atomic mass is 16.6. The normalized spacial score (nSPS) is 20.3. The molecule has 2 N–H and O–H groups in total. The summed E-state index contributed by atoms with van der Waals surface area (Å²) in [6.07, 6.45) is 3.47. The summed E-state index contributed by atoms with van der Waals surface area (Å²) in [6.45, 7) is 3.07. The second kappa shape index (κ2) is 4.57. The van der Waals surface area contributed by atoms with Crippen LogP contribution in [0.1, 0.15) is 26.2 Å². The molecule has 1 aromatic rings. The van der Waals surface area contributed by atoms with Gasteiger partial charge in [-0.3, -0.25) is 10.1 Å². The average molecular weight is 236 g/mol. The molecule has 1 atom stereocenters. The van der Waals surface area contributed by atoms with Crippen molar-refractivity contribution in [3.05, 3.63) is 22.2 Å². The molecule has 1 aromatic heterocycles. The predicted octanol–water partition coefficient (Wildman–Crippen LogP) is 1.95. The molecule has 1 aliphatic heterocycles. The number of rotatable bonds is 2. The molecule has 0 saturated carbocycles. The second-order valence-electron chi connectivity index (χ2n) is 4.37. The summed E-state index contributed by atoms with van der Waals surface area (Å²) in [6, 6.07) is 3.52. The van der Waals surface area contributed by atoms with Crippen LogP contribution < -0.4 is 10.6 Å². The van der Waals surface area contributed by atoms with Gasteiger partial charge in [0.15, 0.2) is 0 Å². The van der Waals surface area contributed by atoms with Gasteiger partial charge in [0, 0.05) is 18.7 Å². The molecule has 1 saturated heterocycles. The van der Waals surface area contributed by atoms with Gasteiger partial charge in [0.1, 0.15) is 5.82 Å². The van der Waals surface area contributed by atoms with E-state index in [4.69, 9.17) is 5.73 Å². The molecule has 0 spiro atoms. The van der Waals surface area contributed by atoms with E-state index < -0.39 is 4.92 Å². The van der Waals surface area contributed by atoms with Crippen molar-refractivity contribution in [2.24, 2.45) is 0 Å². The Morgan fingerprint density at radius 3 is 2.88 bits per heavy atom. The molecule has 92 valence electrons. The standard InChI is InChI=1S/C11H16N4O2/c1-8-4-2-3-7-14(8)10-6-5-9(15(16)17)11(12)13-10/h5-6,8H,2-4,7H2,1H3,(H2,12,13)/t8-/m1/s1. The van der Waals surface area contributed by atoms with Crippen LogP contribution in [0.15, 0.2) is 12.1 Å². The fourth-order valence-corrected chi connectivity index (χ4v) is 2.21. The molecular weight excluding hydrogens is 220 g/mol. The fourth-order valence-electron chi connectivity index (χ4n) is 2.21. The first kappa shape index (κ1) is 11.6. The molecular formula is C11H16N4O2. The first-order valence-electron chi connectivity index (χ1n) is 5.77. The van der Waals surface area contributed by atoms with Gasteiger partial charge in [0.25, 0.3) is 0 Å². The highest BCUT2D eigenvalue weighted by Gasteiger charge is 2.21. The number of nitro groups is 1. The van der Waals surface area contributed by atoms with E-state index in [0.29, 0.717) is 6.04 Å². The third kappa shape index (κ3) is 2.30. The third-order valence-corrected chi connectivity index (χ3v) is 3.18. The summed E-state index contributed by atoms with van der Waals surface area (Å²) < 4.78 is 0. The number of nitrogens with zero attached hydrogens (tertiary/aromatic N) is 3. The number of anilines is 2. The van der Waals surface area contributed by atoms with E-state index >= 15 is 0 Å². The Morgan fingerprint density at radius 2 is 2.29 bits per heavy atom. The van der Waals surface area contributed by atoms with E-state index in [-0.39, 0.29) is 11.5 Å². The van der Waals surface area contributed by atoms with Crippen LogP contribution in [-0.2, 0) is 0 Å². The highest BCUT2D eigenvalue weighted by Crippen LogP contribution is 2.27. The molecule has 2 rings (SSSR count). The summed E-state index contributed by atoms with van der Waals surface area (Å²) in [5, 5.41) is 10.6. The maximum Gasteiger partial charge on any atom is 0.311 e. The van der Waals surface area contributed by atoms with Crippen LogP contribution in [0.25, 0.3) is 0 Å². The van der Waals surface area contributed by atoms with E-state index in [9.17, 15) is 10.1 Å². The van der Waals surface area contributed by atoms with Gasteiger partial charge in [-0.25, -0.2) is 4.98 Å². The molecule has 6 heteroatoms. The smallest absolute Gasteiger partial charge is 0.311 e. The van der Waals surface area contributed by atoms with Gasteiger partial charge < -0.3 is 10.6 Å². The summed E-state index contributed by atoms with van der Waals surface area (Å²) in [5.74, 6) is 0.727. The van der Waals surface area contributed by atoms with Crippen LogP contribution in [0.5, 0.6) is 0 Å². The van der Waals surface area contributed by atoms with E-state index in [1.54, 1.807) is 6.07 Å². The van der Waals surface area contributed by atoms with Crippen LogP contribution in [0, 0.1) is 10.1 Å². The minimum absolute atomic E-state index is 0.00901. The largest absolute Gasteiger partial charge is 0.378 e. The Morgan fingerprint density at radius 1 is 1.53 bits per heavy atom. The SMILES string of the molecule is C[C@@H]1CCCCN1c1ccc([N+](=O)[O-])c(N)n1. The van der Waals surface area contributed by atoms with Crippen molar-refractivity contribution in [1.82, 2.24) is 4.98 Å². The van der Waals surface area contributed by atoms with Crippen molar-refractivity contribution >= 4 is 17.3 Å². The van der Waals surface area contributed by atoms with Gasteiger partial charge >= 0.3 is 5.69 Å². The minimum atomic E-state index is -0.508. The van der Waals surface area contributed by atoms with Crippen molar-refractivity contribution < 1.29 is 4.92 Å². The number of nitrogen functional groups attached to an aromatic ring is 1. The second-order valence-corrected chi connectivity index (χ2v) is 4.37. The number of hydrogen-bond donors (Lipinski definition) is 1. The highest BCUT2D eigenvalue weighted by molar-refractivity contribution is 5.58. The van der Waals surface area contributed by atoms with Crippen molar-refractivity contribution in [3.8, 4) is 0 Å². The van der Waals surface area contributed by atoms with Crippen LogP contribution >= 0.6 is 0 Å². The zero-order valence-corrected chi connectivity index (χ0v) is 9.80. The van der Waals surface area contributed by atoms with E-state index in [1.165, 1.54) is 12.5 Å². The Kier molecular flexibility index (Phi) is 3.12. The number of nitrogens with two attached hydrogens (primary N) is 1. The fraction of sp³-hybridized carbons (Fsp3) is 0.545. The van der Waals surface area contributed by atoms with Crippen molar-refractivity contribution in [2.45, 2.75) is 32.2 Å². The van der Waals surface area contributed by atoms with Crippen molar-refractivity contribution in [2.75, 3.05) is 17.2 Å². The maximum atomic E-state index is 10.6. The lowest BCUT2D eigenvalue weighted by Crippen LogP contribution is -2.38. The lowest BCUT2D eigenvalue weighted by Gasteiger charge is -2.34. The molecule has 0 aromatic carbocycles. The van der Waals surface area contributed by atoms with Crippen LogP contribution in [0.4, 0.5) is 17.3 Å². The molecule has 6 nitrogen and oxygen atoms in total. The topological polar surface area (TPSA) is 85.3 Å². The molecule has 17 heavy (non-hydrogen) atoms. The summed E-state index contributed by atoms with van der Waals surface area (Å²) >= 11 is 0. The van der Waals surface area contributed by atoms with Gasteiger partial charge in [0.2, 0.25) is 5.82 Å². The Hall–Kier alpha value is -1.85. The molecule has 1 aliphatic rings. The van der Waals surface area contributed by atoms with E-state index in [1.807, 2.05) is 0 Å². The van der Waals surface area contributed by atoms with E-state index in [2.05, 4.69) is 16.8 Å². The molecule has 0 bridgehead atoms. The Bertz CT molecular complexity index is 435. The Balaban J connectivity index is 2.27. The summed E-state index contributed by atoms with van der Waals surface area (Å²) in [4.78, 5) is 16.4. The van der Waals surface area contributed by atoms with Gasteiger partial charge in [-0.15, -0.1) is 0 Å². The van der Waals surface area contributed by atoms with Gasteiger partial charge in [-0.1, -0.05) is 0 Å². The predicted molar refractivity (Wildman–Crippen MR) is 66.0 cm³/mol. The molecule has 0 unspecified atom stereocenters. The molecule has 0 radical (unpaired) electrons. The zero-order valence-electron chi connectivity index (χ0n) is 9.80. The van der Waals surface area contributed by atoms with Crippen molar-refractivity contribution in [3.63, 3.8) is 0 Å². The van der Waals surface area contributed by atoms with Crippen LogP contribution in [0.2, 0.25) is 0 Å². The lowest BCUT2D eigenvalue weighted by molar-refractivity contribution is -0.384. The van der Waals surface area contributed by atoms with Crippen LogP contribution in [0.3, 0.4) is 0 Å². The average Bonchev–Trinajstić information content (AvgIpc) is 2.29. The molecule has 1 fully saturated rings. The summed E-state index contributed by atoms with van der Waals surface area (Å²) in [5.41, 5.74) is 5.47. The number of pyridine rings is 1. The van der Waals surface area contributed by atoms with Gasteiger partial charge in [-0.05, 0) is 32.3 Å². The minimum Gasteiger partial charge on any atom is -0.378 e. The third-order valence-electron chi connectivity index (χ3n) is 3.18. The monoisotopic (exact) mass is 236 g/mol. The molecule has 0 amide bonds. The number of piperidine rings is 1. The number of hydrogen-bond acceptors (Lipinski definition) is 5. The first-order valence-corrected chi connectivity index (χ1v) is 5.77. The molecule has 0 aliphatic carbocycles. The van der Waals surface area contributed by atoms with Crippen LogP contribution in [-0.4, -0.2) is 22.5 Å². The zero-order chi connectivity index (χ0) is 12.4. The summed E-state index contributed by atoms with van der Waals surface area (Å²) in [7, 11) is 0. The van der Waals surface area contributed by atoms with Crippen molar-refractivity contribution in [1.29, 1.82) is 0 Å². The quantitative estimate of drug-likeness (QED) is 0.626. The van der Waals surface area contributed by atoms with Gasteiger partial charge in [0.05, 0.1) is 4.92 Å². The van der Waals surface area contributed by atoms with E-state index in [0.717, 1.165) is 25.2 Å². The number of aromatic nitrogens is 1. The lowest BCUT2D eigenvalue weighted by atomic mass is 10.0. The maximum absolute atomic E-state index is 10.6.